The van der Waals surface area contributed by atoms with E-state index in [1.165, 1.54) is 6.20 Å². The second kappa shape index (κ2) is 6.65. The van der Waals surface area contributed by atoms with Crippen LogP contribution >= 0.6 is 23.2 Å². The first-order valence-electron chi connectivity index (χ1n) is 6.92. The van der Waals surface area contributed by atoms with E-state index in [0.29, 0.717) is 22.2 Å². The van der Waals surface area contributed by atoms with Crippen LogP contribution in [0.25, 0.3) is 0 Å². The summed E-state index contributed by atoms with van der Waals surface area (Å²) in [6.45, 7) is 0.600. The molecule has 0 unspecified atom stereocenters. The molecular formula is C16H14Cl2N2O2. The van der Waals surface area contributed by atoms with Crippen molar-refractivity contribution in [1.82, 2.24) is 10.3 Å². The van der Waals surface area contributed by atoms with Gasteiger partial charge >= 0.3 is 0 Å². The highest BCUT2D eigenvalue weighted by Gasteiger charge is 2.31. The fourth-order valence-electron chi connectivity index (χ4n) is 2.52. The van der Waals surface area contributed by atoms with E-state index in [-0.39, 0.29) is 18.1 Å². The predicted octanol–water partition coefficient (Wildman–Crippen LogP) is 3.65. The van der Waals surface area contributed by atoms with E-state index in [4.69, 9.17) is 27.9 Å². The van der Waals surface area contributed by atoms with Gasteiger partial charge in [0.05, 0.1) is 16.6 Å². The first-order valence-corrected chi connectivity index (χ1v) is 7.68. The number of benzene rings is 1. The molecule has 1 aliphatic rings. The van der Waals surface area contributed by atoms with Crippen LogP contribution in [0.4, 0.5) is 0 Å². The number of carbonyl (C=O) groups excluding carboxylic acids is 1. The van der Waals surface area contributed by atoms with Crippen LogP contribution in [-0.4, -0.2) is 23.5 Å². The first-order chi connectivity index (χ1) is 10.6. The number of amides is 1. The Morgan fingerprint density at radius 3 is 2.73 bits per heavy atom. The van der Waals surface area contributed by atoms with Gasteiger partial charge in [-0.2, -0.15) is 0 Å². The SMILES string of the molecule is O=C(N[C@@H]1CCO[C@H]1c1ccc(Cl)cc1)c1ccncc1Cl. The Morgan fingerprint density at radius 1 is 1.23 bits per heavy atom. The summed E-state index contributed by atoms with van der Waals surface area (Å²) in [6, 6.07) is 8.96. The maximum atomic E-state index is 12.4. The number of hydrogen-bond acceptors (Lipinski definition) is 3. The molecule has 0 bridgehead atoms. The van der Waals surface area contributed by atoms with E-state index in [0.717, 1.165) is 12.0 Å². The highest BCUT2D eigenvalue weighted by molar-refractivity contribution is 6.33. The van der Waals surface area contributed by atoms with Gasteiger partial charge in [0.2, 0.25) is 0 Å². The van der Waals surface area contributed by atoms with Crippen molar-refractivity contribution >= 4 is 29.1 Å². The van der Waals surface area contributed by atoms with Crippen LogP contribution in [0.5, 0.6) is 0 Å². The highest BCUT2D eigenvalue weighted by atomic mass is 35.5. The first kappa shape index (κ1) is 15.3. The van der Waals surface area contributed by atoms with Gasteiger partial charge < -0.3 is 10.1 Å². The van der Waals surface area contributed by atoms with Crippen molar-refractivity contribution in [3.05, 3.63) is 63.9 Å². The van der Waals surface area contributed by atoms with Crippen molar-refractivity contribution in [2.45, 2.75) is 18.6 Å². The van der Waals surface area contributed by atoms with E-state index in [1.54, 1.807) is 12.3 Å². The van der Waals surface area contributed by atoms with Crippen LogP contribution < -0.4 is 5.32 Å². The maximum absolute atomic E-state index is 12.4. The number of rotatable bonds is 3. The number of hydrogen-bond donors (Lipinski definition) is 1. The van der Waals surface area contributed by atoms with Crippen LogP contribution in [0, 0.1) is 0 Å². The summed E-state index contributed by atoms with van der Waals surface area (Å²) in [5.74, 6) is -0.220. The third-order valence-corrected chi connectivity index (χ3v) is 4.18. The molecule has 4 nitrogen and oxygen atoms in total. The van der Waals surface area contributed by atoms with Crippen molar-refractivity contribution in [1.29, 1.82) is 0 Å². The Morgan fingerprint density at radius 2 is 2.00 bits per heavy atom. The molecule has 1 aromatic heterocycles. The normalized spacial score (nSPS) is 20.8. The van der Waals surface area contributed by atoms with Crippen LogP contribution in [0.2, 0.25) is 10.0 Å². The number of nitrogens with zero attached hydrogens (tertiary/aromatic N) is 1. The zero-order valence-electron chi connectivity index (χ0n) is 11.6. The Labute approximate surface area is 138 Å². The van der Waals surface area contributed by atoms with E-state index in [9.17, 15) is 4.79 Å². The van der Waals surface area contributed by atoms with Gasteiger partial charge in [-0.3, -0.25) is 9.78 Å². The van der Waals surface area contributed by atoms with E-state index < -0.39 is 0 Å². The lowest BCUT2D eigenvalue weighted by Gasteiger charge is -2.20. The molecule has 3 rings (SSSR count). The lowest BCUT2D eigenvalue weighted by atomic mass is 10.0. The van der Waals surface area contributed by atoms with Crippen molar-refractivity contribution in [2.24, 2.45) is 0 Å². The lowest BCUT2D eigenvalue weighted by Crippen LogP contribution is -2.37. The topological polar surface area (TPSA) is 51.2 Å². The molecule has 1 amide bonds. The summed E-state index contributed by atoms with van der Waals surface area (Å²) >= 11 is 11.9. The Balaban J connectivity index is 1.75. The molecule has 114 valence electrons. The summed E-state index contributed by atoms with van der Waals surface area (Å²) < 4.78 is 5.76. The Bertz CT molecular complexity index is 676. The van der Waals surface area contributed by atoms with Gasteiger partial charge in [0.25, 0.3) is 5.91 Å². The number of nitrogens with one attached hydrogen (secondary N) is 1. The molecule has 22 heavy (non-hydrogen) atoms. The smallest absolute Gasteiger partial charge is 0.253 e. The van der Waals surface area contributed by atoms with Gasteiger partial charge in [-0.25, -0.2) is 0 Å². The Hall–Kier alpha value is -1.62. The molecule has 1 fully saturated rings. The fourth-order valence-corrected chi connectivity index (χ4v) is 2.85. The Kier molecular flexibility index (Phi) is 4.62. The minimum atomic E-state index is -0.220. The summed E-state index contributed by atoms with van der Waals surface area (Å²) in [5.41, 5.74) is 1.41. The monoisotopic (exact) mass is 336 g/mol. The van der Waals surface area contributed by atoms with Crippen molar-refractivity contribution < 1.29 is 9.53 Å². The summed E-state index contributed by atoms with van der Waals surface area (Å²) in [7, 11) is 0. The van der Waals surface area contributed by atoms with Gasteiger partial charge in [-0.1, -0.05) is 35.3 Å². The quantitative estimate of drug-likeness (QED) is 0.930. The highest BCUT2D eigenvalue weighted by Crippen LogP contribution is 2.30. The number of carbonyl (C=O) groups is 1. The van der Waals surface area contributed by atoms with E-state index in [1.807, 2.05) is 24.3 Å². The largest absolute Gasteiger partial charge is 0.371 e. The number of aromatic nitrogens is 1. The minimum Gasteiger partial charge on any atom is -0.371 e. The molecule has 2 atom stereocenters. The number of ether oxygens (including phenoxy) is 1. The minimum absolute atomic E-state index is 0.0992. The molecule has 2 aromatic rings. The maximum Gasteiger partial charge on any atom is 0.253 e. The molecule has 1 aromatic carbocycles. The zero-order chi connectivity index (χ0) is 15.5. The zero-order valence-corrected chi connectivity index (χ0v) is 13.1. The standard InChI is InChI=1S/C16H14Cl2N2O2/c17-11-3-1-10(2-4-11)15-14(6-8-22-15)20-16(21)12-5-7-19-9-13(12)18/h1-5,7,9,14-15H,6,8H2,(H,20,21)/t14-,15+/m1/s1. The summed E-state index contributed by atoms with van der Waals surface area (Å²) in [4.78, 5) is 16.2. The predicted molar refractivity (Wildman–Crippen MR) is 85.3 cm³/mol. The van der Waals surface area contributed by atoms with Gasteiger partial charge in [0.1, 0.15) is 6.10 Å². The molecule has 6 heteroatoms. The van der Waals surface area contributed by atoms with Gasteiger partial charge in [0, 0.05) is 24.0 Å². The lowest BCUT2D eigenvalue weighted by molar-refractivity contribution is 0.0821. The van der Waals surface area contributed by atoms with E-state index >= 15 is 0 Å². The van der Waals surface area contributed by atoms with Gasteiger partial charge in [-0.15, -0.1) is 0 Å². The molecule has 1 aliphatic heterocycles. The number of pyridine rings is 1. The summed E-state index contributed by atoms with van der Waals surface area (Å²) in [5, 5.41) is 4.00. The molecule has 0 aliphatic carbocycles. The molecule has 0 radical (unpaired) electrons. The second-order valence-electron chi connectivity index (χ2n) is 5.07. The average molecular weight is 337 g/mol. The van der Waals surface area contributed by atoms with Gasteiger partial charge in [0.15, 0.2) is 0 Å². The van der Waals surface area contributed by atoms with Crippen LogP contribution in [0.1, 0.15) is 28.4 Å². The number of halogens is 2. The fraction of sp³-hybridized carbons (Fsp3) is 0.250. The van der Waals surface area contributed by atoms with Crippen molar-refractivity contribution in [3.8, 4) is 0 Å². The molecule has 1 saturated heterocycles. The third-order valence-electron chi connectivity index (χ3n) is 3.62. The van der Waals surface area contributed by atoms with Crippen LogP contribution in [-0.2, 0) is 4.74 Å². The van der Waals surface area contributed by atoms with E-state index in [2.05, 4.69) is 10.3 Å². The third kappa shape index (κ3) is 3.24. The van der Waals surface area contributed by atoms with Gasteiger partial charge in [-0.05, 0) is 30.2 Å². The molecule has 0 spiro atoms. The molecule has 1 N–H and O–H groups in total. The van der Waals surface area contributed by atoms with Crippen molar-refractivity contribution in [2.75, 3.05) is 6.61 Å². The second-order valence-corrected chi connectivity index (χ2v) is 5.91. The molecule has 2 heterocycles. The van der Waals surface area contributed by atoms with Crippen LogP contribution in [0.15, 0.2) is 42.7 Å². The van der Waals surface area contributed by atoms with Crippen molar-refractivity contribution in [3.63, 3.8) is 0 Å². The molecule has 0 saturated carbocycles. The van der Waals surface area contributed by atoms with Crippen LogP contribution in [0.3, 0.4) is 0 Å². The average Bonchev–Trinajstić information content (AvgIpc) is 2.96. The molecular weight excluding hydrogens is 323 g/mol. The summed E-state index contributed by atoms with van der Waals surface area (Å²) in [6.07, 6.45) is 3.57.